The van der Waals surface area contributed by atoms with Crippen LogP contribution in [0.4, 0.5) is 0 Å². The third-order valence-electron chi connectivity index (χ3n) is 2.91. The topological polar surface area (TPSA) is 18.5 Å². The predicted octanol–water partition coefficient (Wildman–Crippen LogP) is 4.42. The molecule has 0 spiro atoms. The number of aryl methyl sites for hydroxylation is 3. The molecule has 0 amide bonds. The Morgan fingerprint density at radius 3 is 2.26 bits per heavy atom. The number of benzene rings is 2. The van der Waals surface area contributed by atoms with E-state index in [2.05, 4.69) is 13.0 Å². The molecule has 2 nitrogen and oxygen atoms in total. The van der Waals surface area contributed by atoms with E-state index in [1.54, 1.807) is 0 Å². The molecule has 0 saturated carbocycles. The molecule has 19 heavy (non-hydrogen) atoms. The Morgan fingerprint density at radius 2 is 1.58 bits per heavy atom. The Kier molecular flexibility index (Phi) is 4.10. The maximum absolute atomic E-state index is 5.82. The first kappa shape index (κ1) is 13.5. The second kappa shape index (κ2) is 5.79. The van der Waals surface area contributed by atoms with Gasteiger partial charge < -0.3 is 9.47 Å². The Hall–Kier alpha value is -1.96. The van der Waals surface area contributed by atoms with E-state index in [-0.39, 0.29) is 6.29 Å². The average Bonchev–Trinajstić information content (AvgIpc) is 2.33. The van der Waals surface area contributed by atoms with Gasteiger partial charge in [-0.2, -0.15) is 0 Å². The van der Waals surface area contributed by atoms with E-state index in [4.69, 9.17) is 9.47 Å². The first-order valence-corrected chi connectivity index (χ1v) is 6.52. The normalized spacial score (nSPS) is 12.0. The maximum atomic E-state index is 5.82. The summed E-state index contributed by atoms with van der Waals surface area (Å²) in [5.74, 6) is 1.70. The van der Waals surface area contributed by atoms with Crippen LogP contribution in [0.2, 0.25) is 0 Å². The van der Waals surface area contributed by atoms with Crippen LogP contribution in [0.15, 0.2) is 42.5 Å². The summed E-state index contributed by atoms with van der Waals surface area (Å²) in [4.78, 5) is 0. The van der Waals surface area contributed by atoms with E-state index >= 15 is 0 Å². The highest BCUT2D eigenvalue weighted by molar-refractivity contribution is 5.35. The summed E-state index contributed by atoms with van der Waals surface area (Å²) < 4.78 is 11.6. The lowest BCUT2D eigenvalue weighted by atomic mass is 10.1. The zero-order valence-corrected chi connectivity index (χ0v) is 11.9. The minimum Gasteiger partial charge on any atom is -0.455 e. The zero-order valence-electron chi connectivity index (χ0n) is 11.9. The molecule has 2 aromatic carbocycles. The smallest absolute Gasteiger partial charge is 0.238 e. The van der Waals surface area contributed by atoms with E-state index in [9.17, 15) is 0 Å². The molecule has 0 saturated heterocycles. The SMILES string of the molecule is Cc1cccc(OC(C)Oc2ccc(C)cc2C)c1. The number of hydrogen-bond donors (Lipinski definition) is 0. The van der Waals surface area contributed by atoms with E-state index < -0.39 is 0 Å². The molecule has 2 rings (SSSR count). The summed E-state index contributed by atoms with van der Waals surface area (Å²) >= 11 is 0. The number of hydrogen-bond acceptors (Lipinski definition) is 2. The first-order valence-electron chi connectivity index (χ1n) is 6.52. The van der Waals surface area contributed by atoms with E-state index in [1.165, 1.54) is 11.1 Å². The van der Waals surface area contributed by atoms with Crippen molar-refractivity contribution in [1.82, 2.24) is 0 Å². The lowest BCUT2D eigenvalue weighted by Crippen LogP contribution is -2.20. The third-order valence-corrected chi connectivity index (χ3v) is 2.91. The molecular formula is C17H20O2. The van der Waals surface area contributed by atoms with E-state index in [0.29, 0.717) is 0 Å². The molecule has 0 bridgehead atoms. The minimum absolute atomic E-state index is 0.316. The van der Waals surface area contributed by atoms with Crippen LogP contribution in [0.25, 0.3) is 0 Å². The summed E-state index contributed by atoms with van der Waals surface area (Å²) in [7, 11) is 0. The van der Waals surface area contributed by atoms with Crippen molar-refractivity contribution < 1.29 is 9.47 Å². The highest BCUT2D eigenvalue weighted by atomic mass is 16.7. The molecule has 0 aliphatic rings. The van der Waals surface area contributed by atoms with Gasteiger partial charge in [-0.25, -0.2) is 0 Å². The van der Waals surface area contributed by atoms with Crippen LogP contribution in [0.1, 0.15) is 23.6 Å². The van der Waals surface area contributed by atoms with Gasteiger partial charge >= 0.3 is 0 Å². The molecule has 0 fully saturated rings. The largest absolute Gasteiger partial charge is 0.455 e. The Labute approximate surface area is 115 Å². The molecule has 0 radical (unpaired) electrons. The van der Waals surface area contributed by atoms with Gasteiger partial charge in [0, 0.05) is 6.92 Å². The number of rotatable bonds is 4. The quantitative estimate of drug-likeness (QED) is 0.754. The Bertz CT molecular complexity index is 561. The highest BCUT2D eigenvalue weighted by Crippen LogP contribution is 2.21. The summed E-state index contributed by atoms with van der Waals surface area (Å²) in [5, 5.41) is 0. The molecule has 0 heterocycles. The van der Waals surface area contributed by atoms with Crippen LogP contribution < -0.4 is 9.47 Å². The molecule has 0 aromatic heterocycles. The Morgan fingerprint density at radius 1 is 0.842 bits per heavy atom. The van der Waals surface area contributed by atoms with Crippen LogP contribution >= 0.6 is 0 Å². The molecule has 0 N–H and O–H groups in total. The van der Waals surface area contributed by atoms with Crippen LogP contribution in [0.3, 0.4) is 0 Å². The van der Waals surface area contributed by atoms with E-state index in [1.807, 2.05) is 57.2 Å². The van der Waals surface area contributed by atoms with Gasteiger partial charge in [0.1, 0.15) is 11.5 Å². The molecule has 0 aliphatic heterocycles. The molecule has 0 aliphatic carbocycles. The predicted molar refractivity (Wildman–Crippen MR) is 77.8 cm³/mol. The van der Waals surface area contributed by atoms with Gasteiger partial charge in [0.15, 0.2) is 0 Å². The molecular weight excluding hydrogens is 236 g/mol. The van der Waals surface area contributed by atoms with Crippen molar-refractivity contribution in [3.63, 3.8) is 0 Å². The van der Waals surface area contributed by atoms with Crippen molar-refractivity contribution in [2.45, 2.75) is 34.0 Å². The van der Waals surface area contributed by atoms with Crippen LogP contribution in [-0.2, 0) is 0 Å². The fraction of sp³-hybridized carbons (Fsp3) is 0.294. The second-order valence-electron chi connectivity index (χ2n) is 4.89. The van der Waals surface area contributed by atoms with Crippen LogP contribution in [-0.4, -0.2) is 6.29 Å². The molecule has 1 unspecified atom stereocenters. The van der Waals surface area contributed by atoms with Crippen molar-refractivity contribution in [2.75, 3.05) is 0 Å². The van der Waals surface area contributed by atoms with Gasteiger partial charge in [0.2, 0.25) is 6.29 Å². The molecule has 100 valence electrons. The lowest BCUT2D eigenvalue weighted by molar-refractivity contribution is 0.0217. The van der Waals surface area contributed by atoms with Gasteiger partial charge in [-0.3, -0.25) is 0 Å². The molecule has 1 atom stereocenters. The van der Waals surface area contributed by atoms with Gasteiger partial charge in [-0.15, -0.1) is 0 Å². The summed E-state index contributed by atoms with van der Waals surface area (Å²) in [5.41, 5.74) is 3.54. The summed E-state index contributed by atoms with van der Waals surface area (Å²) in [6.07, 6.45) is -0.316. The molecule has 2 aromatic rings. The van der Waals surface area contributed by atoms with Gasteiger partial charge in [-0.1, -0.05) is 29.8 Å². The fourth-order valence-electron chi connectivity index (χ4n) is 2.01. The van der Waals surface area contributed by atoms with Gasteiger partial charge in [-0.05, 0) is 50.1 Å². The standard InChI is InChI=1S/C17H20O2/c1-12-6-5-7-16(11-12)18-15(4)19-17-9-8-13(2)10-14(17)3/h5-11,15H,1-4H3. The van der Waals surface area contributed by atoms with E-state index in [0.717, 1.165) is 17.1 Å². The highest BCUT2D eigenvalue weighted by Gasteiger charge is 2.08. The van der Waals surface area contributed by atoms with Crippen molar-refractivity contribution >= 4 is 0 Å². The van der Waals surface area contributed by atoms with Crippen molar-refractivity contribution in [3.05, 3.63) is 59.2 Å². The maximum Gasteiger partial charge on any atom is 0.238 e. The first-order chi connectivity index (χ1) is 9.04. The summed E-state index contributed by atoms with van der Waals surface area (Å²) in [6, 6.07) is 14.1. The van der Waals surface area contributed by atoms with Crippen molar-refractivity contribution in [2.24, 2.45) is 0 Å². The fourth-order valence-corrected chi connectivity index (χ4v) is 2.01. The summed E-state index contributed by atoms with van der Waals surface area (Å²) in [6.45, 7) is 8.06. The lowest BCUT2D eigenvalue weighted by Gasteiger charge is -2.18. The minimum atomic E-state index is -0.316. The monoisotopic (exact) mass is 256 g/mol. The second-order valence-corrected chi connectivity index (χ2v) is 4.89. The zero-order chi connectivity index (χ0) is 13.8. The molecule has 2 heteroatoms. The third kappa shape index (κ3) is 3.75. The van der Waals surface area contributed by atoms with Crippen LogP contribution in [0, 0.1) is 20.8 Å². The Balaban J connectivity index is 2.03. The number of ether oxygens (including phenoxy) is 2. The average molecular weight is 256 g/mol. The van der Waals surface area contributed by atoms with Crippen molar-refractivity contribution in [1.29, 1.82) is 0 Å². The van der Waals surface area contributed by atoms with Crippen molar-refractivity contribution in [3.8, 4) is 11.5 Å². The van der Waals surface area contributed by atoms with Crippen LogP contribution in [0.5, 0.6) is 11.5 Å². The van der Waals surface area contributed by atoms with Gasteiger partial charge in [0.05, 0.1) is 0 Å². The van der Waals surface area contributed by atoms with Gasteiger partial charge in [0.25, 0.3) is 0 Å².